The Morgan fingerprint density at radius 2 is 2.20 bits per heavy atom. The van der Waals surface area contributed by atoms with E-state index < -0.39 is 0 Å². The van der Waals surface area contributed by atoms with E-state index in [2.05, 4.69) is 20.5 Å². The van der Waals surface area contributed by atoms with Gasteiger partial charge >= 0.3 is 0 Å². The van der Waals surface area contributed by atoms with E-state index in [9.17, 15) is 9.59 Å². The summed E-state index contributed by atoms with van der Waals surface area (Å²) in [7, 11) is 0. The second kappa shape index (κ2) is 7.02. The molecule has 1 saturated heterocycles. The van der Waals surface area contributed by atoms with Crippen molar-refractivity contribution in [3.8, 4) is 0 Å². The largest absolute Gasteiger partial charge is 0.356 e. The summed E-state index contributed by atoms with van der Waals surface area (Å²) in [5.74, 6) is 1.08. The predicted molar refractivity (Wildman–Crippen MR) is 72.7 cm³/mol. The fraction of sp³-hybridized carbons (Fsp3) is 0.692. The summed E-state index contributed by atoms with van der Waals surface area (Å²) in [4.78, 5) is 29.0. The van der Waals surface area contributed by atoms with Crippen LogP contribution >= 0.6 is 0 Å². The third-order valence-electron chi connectivity index (χ3n) is 3.67. The van der Waals surface area contributed by atoms with Crippen molar-refractivity contribution in [2.24, 2.45) is 5.92 Å². The van der Waals surface area contributed by atoms with E-state index in [1.807, 2.05) is 0 Å². The third-order valence-corrected chi connectivity index (χ3v) is 3.67. The number of amides is 2. The molecule has 0 radical (unpaired) electrons. The molecule has 0 spiro atoms. The molecule has 20 heavy (non-hydrogen) atoms. The van der Waals surface area contributed by atoms with Gasteiger partial charge in [0.1, 0.15) is 12.2 Å². The van der Waals surface area contributed by atoms with E-state index in [4.69, 9.17) is 0 Å². The van der Waals surface area contributed by atoms with Crippen molar-refractivity contribution in [3.05, 3.63) is 12.2 Å². The molecule has 1 fully saturated rings. The van der Waals surface area contributed by atoms with Gasteiger partial charge in [-0.3, -0.25) is 14.7 Å². The highest BCUT2D eigenvalue weighted by Crippen LogP contribution is 2.17. The molecule has 1 aromatic rings. The standard InChI is InChI=1S/C13H21N5O2/c1-10(19)18-7-4-11(5-8-18)13(20)14-6-2-3-12-15-9-16-17-12/h9,11H,2-8H2,1H3,(H,14,20)(H,15,16,17). The highest BCUT2D eigenvalue weighted by molar-refractivity contribution is 5.79. The van der Waals surface area contributed by atoms with Crippen molar-refractivity contribution in [2.45, 2.75) is 32.6 Å². The maximum atomic E-state index is 12.0. The molecule has 7 nitrogen and oxygen atoms in total. The van der Waals surface area contributed by atoms with Crippen LogP contribution in [0.1, 0.15) is 32.0 Å². The number of hydrogen-bond acceptors (Lipinski definition) is 4. The number of rotatable bonds is 5. The number of H-pyrrole nitrogens is 1. The van der Waals surface area contributed by atoms with Gasteiger partial charge in [0.15, 0.2) is 0 Å². The van der Waals surface area contributed by atoms with Crippen LogP contribution in [0.25, 0.3) is 0 Å². The molecule has 0 atom stereocenters. The van der Waals surface area contributed by atoms with Crippen LogP contribution in [0.2, 0.25) is 0 Å². The molecule has 0 saturated carbocycles. The van der Waals surface area contributed by atoms with Crippen molar-refractivity contribution in [3.63, 3.8) is 0 Å². The maximum Gasteiger partial charge on any atom is 0.223 e. The van der Waals surface area contributed by atoms with Crippen LogP contribution in [-0.2, 0) is 16.0 Å². The molecule has 2 heterocycles. The van der Waals surface area contributed by atoms with E-state index in [-0.39, 0.29) is 17.7 Å². The Morgan fingerprint density at radius 3 is 2.80 bits per heavy atom. The van der Waals surface area contributed by atoms with Gasteiger partial charge in [0, 0.05) is 38.9 Å². The fourth-order valence-electron chi connectivity index (χ4n) is 2.42. The predicted octanol–water partition coefficient (Wildman–Crippen LogP) is 0.112. The summed E-state index contributed by atoms with van der Waals surface area (Å²) in [5, 5.41) is 9.52. The second-order valence-electron chi connectivity index (χ2n) is 5.11. The van der Waals surface area contributed by atoms with Crippen molar-refractivity contribution in [1.29, 1.82) is 0 Å². The summed E-state index contributed by atoms with van der Waals surface area (Å²) < 4.78 is 0. The van der Waals surface area contributed by atoms with E-state index in [0.29, 0.717) is 19.6 Å². The number of nitrogens with one attached hydrogen (secondary N) is 2. The highest BCUT2D eigenvalue weighted by Gasteiger charge is 2.25. The van der Waals surface area contributed by atoms with Crippen molar-refractivity contribution in [1.82, 2.24) is 25.4 Å². The normalized spacial score (nSPS) is 16.1. The van der Waals surface area contributed by atoms with Gasteiger partial charge in [0.2, 0.25) is 11.8 Å². The first kappa shape index (κ1) is 14.5. The fourth-order valence-corrected chi connectivity index (χ4v) is 2.42. The average Bonchev–Trinajstić information content (AvgIpc) is 2.96. The van der Waals surface area contributed by atoms with Crippen molar-refractivity contribution >= 4 is 11.8 Å². The van der Waals surface area contributed by atoms with Crippen molar-refractivity contribution < 1.29 is 9.59 Å². The van der Waals surface area contributed by atoms with Crippen LogP contribution in [0.3, 0.4) is 0 Å². The van der Waals surface area contributed by atoms with Gasteiger partial charge in [-0.2, -0.15) is 5.10 Å². The van der Waals surface area contributed by atoms with Crippen molar-refractivity contribution in [2.75, 3.05) is 19.6 Å². The number of likely N-dealkylation sites (tertiary alicyclic amines) is 1. The molecule has 0 bridgehead atoms. The first-order chi connectivity index (χ1) is 9.66. The van der Waals surface area contributed by atoms with Crippen LogP contribution in [-0.4, -0.2) is 51.5 Å². The van der Waals surface area contributed by atoms with Gasteiger partial charge in [0.25, 0.3) is 0 Å². The molecule has 2 N–H and O–H groups in total. The van der Waals surface area contributed by atoms with E-state index in [1.165, 1.54) is 6.33 Å². The van der Waals surface area contributed by atoms with Gasteiger partial charge in [-0.1, -0.05) is 0 Å². The molecule has 1 aliphatic heterocycles. The number of nitrogens with zero attached hydrogens (tertiary/aromatic N) is 3. The lowest BCUT2D eigenvalue weighted by atomic mass is 9.96. The minimum absolute atomic E-state index is 0.0379. The number of aromatic nitrogens is 3. The summed E-state index contributed by atoms with van der Waals surface area (Å²) in [6.45, 7) is 3.59. The van der Waals surface area contributed by atoms with Gasteiger partial charge in [-0.05, 0) is 19.3 Å². The molecular weight excluding hydrogens is 258 g/mol. The average molecular weight is 279 g/mol. The quantitative estimate of drug-likeness (QED) is 0.749. The SMILES string of the molecule is CC(=O)N1CCC(C(=O)NCCCc2ncn[nH]2)CC1. The zero-order valence-electron chi connectivity index (χ0n) is 11.8. The summed E-state index contributed by atoms with van der Waals surface area (Å²) in [5.41, 5.74) is 0. The molecule has 0 aromatic carbocycles. The van der Waals surface area contributed by atoms with Gasteiger partial charge in [0.05, 0.1) is 0 Å². The zero-order valence-corrected chi connectivity index (χ0v) is 11.8. The highest BCUT2D eigenvalue weighted by atomic mass is 16.2. The molecule has 1 aromatic heterocycles. The monoisotopic (exact) mass is 279 g/mol. The number of carbonyl (C=O) groups excluding carboxylic acids is 2. The molecule has 0 unspecified atom stereocenters. The Hall–Kier alpha value is -1.92. The number of aromatic amines is 1. The maximum absolute atomic E-state index is 12.0. The first-order valence-corrected chi connectivity index (χ1v) is 7.04. The molecule has 110 valence electrons. The molecule has 2 rings (SSSR count). The summed E-state index contributed by atoms with van der Waals surface area (Å²) >= 11 is 0. The molecule has 2 amide bonds. The topological polar surface area (TPSA) is 91.0 Å². The van der Waals surface area contributed by atoms with Gasteiger partial charge < -0.3 is 10.2 Å². The van der Waals surface area contributed by atoms with Crippen LogP contribution in [0.5, 0.6) is 0 Å². The molecule has 0 aliphatic carbocycles. The molecule has 1 aliphatic rings. The smallest absolute Gasteiger partial charge is 0.223 e. The number of carbonyl (C=O) groups is 2. The zero-order chi connectivity index (χ0) is 14.4. The number of aryl methyl sites for hydroxylation is 1. The first-order valence-electron chi connectivity index (χ1n) is 7.04. The van der Waals surface area contributed by atoms with Crippen LogP contribution in [0.15, 0.2) is 6.33 Å². The summed E-state index contributed by atoms with van der Waals surface area (Å²) in [6.07, 6.45) is 4.62. The second-order valence-corrected chi connectivity index (χ2v) is 5.11. The van der Waals surface area contributed by atoms with E-state index in [1.54, 1.807) is 11.8 Å². The lowest BCUT2D eigenvalue weighted by molar-refractivity contribution is -0.133. The van der Waals surface area contributed by atoms with Gasteiger partial charge in [-0.25, -0.2) is 4.98 Å². The Bertz CT molecular complexity index is 438. The minimum atomic E-state index is 0.0379. The summed E-state index contributed by atoms with van der Waals surface area (Å²) in [6, 6.07) is 0. The third kappa shape index (κ3) is 4.04. The molecule has 7 heteroatoms. The van der Waals surface area contributed by atoms with Crippen LogP contribution in [0, 0.1) is 5.92 Å². The lowest BCUT2D eigenvalue weighted by Gasteiger charge is -2.30. The Labute approximate surface area is 118 Å². The Kier molecular flexibility index (Phi) is 5.09. The Balaban J connectivity index is 1.62. The lowest BCUT2D eigenvalue weighted by Crippen LogP contribution is -2.42. The van der Waals surface area contributed by atoms with E-state index in [0.717, 1.165) is 31.5 Å². The Morgan fingerprint density at radius 1 is 1.45 bits per heavy atom. The van der Waals surface area contributed by atoms with Crippen LogP contribution < -0.4 is 5.32 Å². The van der Waals surface area contributed by atoms with Gasteiger partial charge in [-0.15, -0.1) is 0 Å². The molecular formula is C13H21N5O2. The van der Waals surface area contributed by atoms with Crippen LogP contribution in [0.4, 0.5) is 0 Å². The van der Waals surface area contributed by atoms with E-state index >= 15 is 0 Å². The number of piperidine rings is 1. The number of hydrogen-bond donors (Lipinski definition) is 2. The minimum Gasteiger partial charge on any atom is -0.356 e.